The number of anilines is 1. The Morgan fingerprint density at radius 3 is 2.82 bits per heavy atom. The van der Waals surface area contributed by atoms with Crippen LogP contribution in [0.2, 0.25) is 0 Å². The van der Waals surface area contributed by atoms with E-state index in [2.05, 4.69) is 10.5 Å². The molecule has 1 aromatic rings. The molecule has 1 saturated carbocycles. The highest BCUT2D eigenvalue weighted by atomic mass is 32.2. The van der Waals surface area contributed by atoms with Crippen LogP contribution in [-0.2, 0) is 14.3 Å². The number of nitrogens with zero attached hydrogens (tertiary/aromatic N) is 1. The number of thioether (sulfide) groups is 1. The summed E-state index contributed by atoms with van der Waals surface area (Å²) in [6.45, 7) is 2.27. The molecule has 0 spiro atoms. The molecule has 0 saturated heterocycles. The minimum Gasteiger partial charge on any atom is -0.465 e. The Kier molecular flexibility index (Phi) is 6.76. The van der Waals surface area contributed by atoms with Crippen molar-refractivity contribution in [2.75, 3.05) is 23.4 Å². The van der Waals surface area contributed by atoms with E-state index in [0.29, 0.717) is 24.1 Å². The maximum atomic E-state index is 11.6. The van der Waals surface area contributed by atoms with E-state index in [-0.39, 0.29) is 23.4 Å². The van der Waals surface area contributed by atoms with Crippen molar-refractivity contribution in [3.63, 3.8) is 0 Å². The van der Waals surface area contributed by atoms with Crippen LogP contribution in [0, 0.1) is 12.8 Å². The van der Waals surface area contributed by atoms with Gasteiger partial charge in [0.15, 0.2) is 5.82 Å². The first kappa shape index (κ1) is 16.9. The van der Waals surface area contributed by atoms with Gasteiger partial charge in [0.1, 0.15) is 5.76 Å². The third-order valence-corrected chi connectivity index (χ3v) is 4.46. The predicted octanol–water partition coefficient (Wildman–Crippen LogP) is 2.78. The Balaban J connectivity index is 1.55. The fourth-order valence-electron chi connectivity index (χ4n) is 2.44. The van der Waals surface area contributed by atoms with E-state index >= 15 is 0 Å². The first-order chi connectivity index (χ1) is 10.6. The van der Waals surface area contributed by atoms with Crippen molar-refractivity contribution >= 4 is 29.5 Å². The molecule has 0 radical (unpaired) electrons. The van der Waals surface area contributed by atoms with Crippen LogP contribution in [0.25, 0.3) is 0 Å². The molecule has 1 aliphatic rings. The molecule has 6 nitrogen and oxygen atoms in total. The van der Waals surface area contributed by atoms with Gasteiger partial charge in [0.2, 0.25) is 5.91 Å². The molecule has 1 N–H and O–H groups in total. The molecule has 1 aromatic heterocycles. The van der Waals surface area contributed by atoms with Gasteiger partial charge in [-0.15, -0.1) is 11.8 Å². The zero-order valence-electron chi connectivity index (χ0n) is 12.8. The van der Waals surface area contributed by atoms with E-state index in [1.807, 2.05) is 0 Å². The van der Waals surface area contributed by atoms with Gasteiger partial charge in [-0.1, -0.05) is 24.4 Å². The number of amides is 1. The third-order valence-electron chi connectivity index (χ3n) is 3.55. The van der Waals surface area contributed by atoms with E-state index in [9.17, 15) is 9.59 Å². The first-order valence-electron chi connectivity index (χ1n) is 7.60. The van der Waals surface area contributed by atoms with E-state index in [1.54, 1.807) is 13.0 Å². The molecule has 22 heavy (non-hydrogen) atoms. The molecule has 7 heteroatoms. The number of carbonyl (C=O) groups excluding carboxylic acids is 2. The Morgan fingerprint density at radius 2 is 2.14 bits per heavy atom. The van der Waals surface area contributed by atoms with Crippen LogP contribution in [0.15, 0.2) is 10.6 Å². The predicted molar refractivity (Wildman–Crippen MR) is 84.7 cm³/mol. The van der Waals surface area contributed by atoms with Crippen molar-refractivity contribution in [1.82, 2.24) is 5.16 Å². The molecule has 1 amide bonds. The van der Waals surface area contributed by atoms with Gasteiger partial charge in [-0.25, -0.2) is 0 Å². The van der Waals surface area contributed by atoms with Crippen LogP contribution in [0.3, 0.4) is 0 Å². The zero-order valence-corrected chi connectivity index (χ0v) is 13.6. The van der Waals surface area contributed by atoms with Crippen molar-refractivity contribution < 1.29 is 18.8 Å². The third kappa shape index (κ3) is 6.09. The first-order valence-corrected chi connectivity index (χ1v) is 8.75. The summed E-state index contributed by atoms with van der Waals surface area (Å²) < 4.78 is 10.1. The van der Waals surface area contributed by atoms with Crippen molar-refractivity contribution in [2.24, 2.45) is 5.92 Å². The summed E-state index contributed by atoms with van der Waals surface area (Å²) in [7, 11) is 0. The van der Waals surface area contributed by atoms with Crippen LogP contribution in [0.4, 0.5) is 5.82 Å². The van der Waals surface area contributed by atoms with E-state index < -0.39 is 0 Å². The largest absolute Gasteiger partial charge is 0.465 e. The van der Waals surface area contributed by atoms with Gasteiger partial charge in [0, 0.05) is 6.07 Å². The lowest BCUT2D eigenvalue weighted by molar-refractivity contribution is -0.142. The number of aromatic nitrogens is 1. The summed E-state index contributed by atoms with van der Waals surface area (Å²) >= 11 is 1.24. The molecule has 1 aliphatic carbocycles. The number of esters is 1. The quantitative estimate of drug-likeness (QED) is 0.776. The summed E-state index contributed by atoms with van der Waals surface area (Å²) in [5.41, 5.74) is 0. The molecule has 1 heterocycles. The Morgan fingerprint density at radius 1 is 1.36 bits per heavy atom. The number of ether oxygens (including phenoxy) is 1. The highest BCUT2D eigenvalue weighted by Gasteiger charge is 2.15. The van der Waals surface area contributed by atoms with E-state index in [0.717, 1.165) is 12.8 Å². The number of hydrogen-bond acceptors (Lipinski definition) is 6. The second-order valence-electron chi connectivity index (χ2n) is 5.55. The fraction of sp³-hybridized carbons (Fsp3) is 0.667. The molecule has 1 fully saturated rings. The molecule has 0 aromatic carbocycles. The lowest BCUT2D eigenvalue weighted by Crippen LogP contribution is -2.19. The maximum Gasteiger partial charge on any atom is 0.315 e. The monoisotopic (exact) mass is 326 g/mol. The molecular weight excluding hydrogens is 304 g/mol. The summed E-state index contributed by atoms with van der Waals surface area (Å²) in [4.78, 5) is 23.3. The number of hydrogen-bond donors (Lipinski definition) is 1. The van der Waals surface area contributed by atoms with Crippen molar-refractivity contribution in [3.8, 4) is 0 Å². The van der Waals surface area contributed by atoms with Crippen LogP contribution in [0.1, 0.15) is 37.9 Å². The van der Waals surface area contributed by atoms with Gasteiger partial charge < -0.3 is 14.6 Å². The average Bonchev–Trinajstić information content (AvgIpc) is 2.91. The minimum atomic E-state index is -0.249. The summed E-state index contributed by atoms with van der Waals surface area (Å²) in [6, 6.07) is 1.64. The van der Waals surface area contributed by atoms with Crippen LogP contribution in [0.5, 0.6) is 0 Å². The van der Waals surface area contributed by atoms with Crippen LogP contribution < -0.4 is 5.32 Å². The highest BCUT2D eigenvalue weighted by molar-refractivity contribution is 8.00. The topological polar surface area (TPSA) is 81.4 Å². The Bertz CT molecular complexity index is 497. The summed E-state index contributed by atoms with van der Waals surface area (Å²) in [5.74, 6) is 1.46. The summed E-state index contributed by atoms with van der Waals surface area (Å²) in [5, 5.41) is 6.28. The van der Waals surface area contributed by atoms with Gasteiger partial charge in [-0.2, -0.15) is 0 Å². The van der Waals surface area contributed by atoms with Crippen molar-refractivity contribution in [3.05, 3.63) is 11.8 Å². The lowest BCUT2D eigenvalue weighted by atomic mass is 9.90. The Labute approximate surface area is 134 Å². The second kappa shape index (κ2) is 8.82. The average molecular weight is 326 g/mol. The minimum absolute atomic E-state index is 0.185. The second-order valence-corrected chi connectivity index (χ2v) is 6.54. The molecular formula is C15H22N2O4S. The zero-order chi connectivity index (χ0) is 15.8. The van der Waals surface area contributed by atoms with Crippen molar-refractivity contribution in [2.45, 2.75) is 39.0 Å². The van der Waals surface area contributed by atoms with Crippen LogP contribution >= 0.6 is 11.8 Å². The SMILES string of the molecule is Cc1cc(NC(=O)CSCC(=O)OCC2CCCCC2)no1. The van der Waals surface area contributed by atoms with Gasteiger partial charge in [0.05, 0.1) is 18.1 Å². The molecule has 122 valence electrons. The number of carbonyl (C=O) groups is 2. The van der Waals surface area contributed by atoms with Crippen LogP contribution in [-0.4, -0.2) is 35.1 Å². The lowest BCUT2D eigenvalue weighted by Gasteiger charge is -2.20. The molecule has 0 bridgehead atoms. The molecule has 0 aliphatic heterocycles. The highest BCUT2D eigenvalue weighted by Crippen LogP contribution is 2.23. The van der Waals surface area contributed by atoms with E-state index in [4.69, 9.17) is 9.26 Å². The number of rotatable bonds is 7. The Hall–Kier alpha value is -1.50. The standard InChI is InChI=1S/C15H22N2O4S/c1-11-7-13(17-21-11)16-14(18)9-22-10-15(19)20-8-12-5-3-2-4-6-12/h7,12H,2-6,8-10H2,1H3,(H,16,17,18). The normalized spacial score (nSPS) is 15.5. The maximum absolute atomic E-state index is 11.6. The molecule has 2 rings (SSSR count). The van der Waals surface area contributed by atoms with Gasteiger partial charge in [-0.3, -0.25) is 9.59 Å². The number of aryl methyl sites for hydroxylation is 1. The smallest absolute Gasteiger partial charge is 0.315 e. The summed E-state index contributed by atoms with van der Waals surface area (Å²) in [6.07, 6.45) is 6.07. The van der Waals surface area contributed by atoms with Crippen molar-refractivity contribution in [1.29, 1.82) is 0 Å². The number of nitrogens with one attached hydrogen (secondary N) is 1. The van der Waals surface area contributed by atoms with Gasteiger partial charge >= 0.3 is 5.97 Å². The van der Waals surface area contributed by atoms with Gasteiger partial charge in [-0.05, 0) is 25.7 Å². The molecule has 0 unspecified atom stereocenters. The van der Waals surface area contributed by atoms with E-state index in [1.165, 1.54) is 31.0 Å². The van der Waals surface area contributed by atoms with Gasteiger partial charge in [0.25, 0.3) is 0 Å². The fourth-order valence-corrected chi connectivity index (χ4v) is 3.05. The molecule has 0 atom stereocenters.